The second-order valence-corrected chi connectivity index (χ2v) is 7.64. The number of fused-ring (bicyclic) bond motifs is 1. The SMILES string of the molecule is CCCCc1ccc(C(=O)Nc2cnc(-n3c(C(F)(F)F)nc4cc(OC)ccc43)cn2)cc1. The van der Waals surface area contributed by atoms with Gasteiger partial charge in [0, 0.05) is 11.6 Å². The fourth-order valence-electron chi connectivity index (χ4n) is 3.50. The number of ether oxygens (including phenoxy) is 1. The standard InChI is InChI=1S/C24H22F3N5O2/c1-3-4-5-15-6-8-16(9-7-15)22(33)31-20-13-29-21(14-28-20)32-19-11-10-17(34-2)12-18(19)30-23(32)24(25,26)27/h6-14H,3-5H2,1-2H3,(H,28,31,33). The molecule has 2 aromatic heterocycles. The quantitative estimate of drug-likeness (QED) is 0.390. The van der Waals surface area contributed by atoms with E-state index < -0.39 is 12.0 Å². The van der Waals surface area contributed by atoms with Crippen LogP contribution in [-0.4, -0.2) is 32.5 Å². The van der Waals surface area contributed by atoms with Crippen molar-refractivity contribution in [2.24, 2.45) is 0 Å². The Labute approximate surface area is 193 Å². The number of benzene rings is 2. The third-order valence-electron chi connectivity index (χ3n) is 5.26. The Morgan fingerprint density at radius 3 is 2.47 bits per heavy atom. The number of aryl methyl sites for hydroxylation is 1. The highest BCUT2D eigenvalue weighted by Crippen LogP contribution is 2.34. The van der Waals surface area contributed by atoms with Gasteiger partial charge in [-0.1, -0.05) is 25.5 Å². The van der Waals surface area contributed by atoms with E-state index in [0.717, 1.165) is 35.6 Å². The number of imidazole rings is 1. The number of nitrogens with one attached hydrogen (secondary N) is 1. The van der Waals surface area contributed by atoms with Crippen molar-refractivity contribution >= 4 is 22.8 Å². The van der Waals surface area contributed by atoms with Crippen LogP contribution in [0.4, 0.5) is 19.0 Å². The number of amides is 1. The number of carbonyl (C=O) groups is 1. The van der Waals surface area contributed by atoms with E-state index >= 15 is 0 Å². The molecule has 34 heavy (non-hydrogen) atoms. The first-order valence-electron chi connectivity index (χ1n) is 10.7. The molecule has 4 rings (SSSR count). The number of carbonyl (C=O) groups excluding carboxylic acids is 1. The Kier molecular flexibility index (Phi) is 6.49. The zero-order valence-electron chi connectivity index (χ0n) is 18.6. The highest BCUT2D eigenvalue weighted by molar-refractivity contribution is 6.03. The lowest BCUT2D eigenvalue weighted by Crippen LogP contribution is -2.16. The van der Waals surface area contributed by atoms with Crippen molar-refractivity contribution in [3.8, 4) is 11.6 Å². The van der Waals surface area contributed by atoms with Gasteiger partial charge in [0.15, 0.2) is 11.6 Å². The van der Waals surface area contributed by atoms with Crippen molar-refractivity contribution in [1.82, 2.24) is 19.5 Å². The molecule has 0 atom stereocenters. The summed E-state index contributed by atoms with van der Waals surface area (Å²) in [5, 5.41) is 2.61. The number of anilines is 1. The fraction of sp³-hybridized carbons (Fsp3) is 0.250. The minimum absolute atomic E-state index is 0.0849. The molecule has 0 radical (unpaired) electrons. The van der Waals surface area contributed by atoms with Gasteiger partial charge in [-0.05, 0) is 42.7 Å². The molecule has 1 N–H and O–H groups in total. The van der Waals surface area contributed by atoms with Crippen molar-refractivity contribution in [2.45, 2.75) is 32.4 Å². The Balaban J connectivity index is 1.58. The summed E-state index contributed by atoms with van der Waals surface area (Å²) in [6.45, 7) is 2.12. The zero-order chi connectivity index (χ0) is 24.3. The van der Waals surface area contributed by atoms with Crippen LogP contribution in [0.1, 0.15) is 41.5 Å². The maximum atomic E-state index is 13.7. The maximum absolute atomic E-state index is 13.7. The van der Waals surface area contributed by atoms with E-state index in [4.69, 9.17) is 4.74 Å². The Morgan fingerprint density at radius 1 is 1.09 bits per heavy atom. The lowest BCUT2D eigenvalue weighted by Gasteiger charge is -2.11. The van der Waals surface area contributed by atoms with Gasteiger partial charge in [-0.2, -0.15) is 13.2 Å². The van der Waals surface area contributed by atoms with E-state index in [0.29, 0.717) is 11.3 Å². The molecule has 0 aliphatic carbocycles. The number of nitrogens with zero attached hydrogens (tertiary/aromatic N) is 4. The van der Waals surface area contributed by atoms with E-state index in [9.17, 15) is 18.0 Å². The Bertz CT molecular complexity index is 1300. The van der Waals surface area contributed by atoms with Crippen LogP contribution in [0.3, 0.4) is 0 Å². The number of methoxy groups -OCH3 is 1. The van der Waals surface area contributed by atoms with Crippen molar-refractivity contribution in [3.63, 3.8) is 0 Å². The molecule has 0 saturated carbocycles. The van der Waals surface area contributed by atoms with Gasteiger partial charge >= 0.3 is 6.18 Å². The molecule has 2 aromatic carbocycles. The van der Waals surface area contributed by atoms with Gasteiger partial charge in [0.1, 0.15) is 5.75 Å². The van der Waals surface area contributed by atoms with Crippen LogP contribution in [0.2, 0.25) is 0 Å². The summed E-state index contributed by atoms with van der Waals surface area (Å²) in [4.78, 5) is 24.4. The summed E-state index contributed by atoms with van der Waals surface area (Å²) in [6, 6.07) is 11.7. The van der Waals surface area contributed by atoms with E-state index in [1.165, 1.54) is 31.5 Å². The van der Waals surface area contributed by atoms with Crippen LogP contribution < -0.4 is 10.1 Å². The number of hydrogen-bond acceptors (Lipinski definition) is 5. The second kappa shape index (κ2) is 9.50. The molecule has 0 bridgehead atoms. The summed E-state index contributed by atoms with van der Waals surface area (Å²) < 4.78 is 47.0. The van der Waals surface area contributed by atoms with Gasteiger partial charge in [-0.3, -0.25) is 9.36 Å². The van der Waals surface area contributed by atoms with Crippen molar-refractivity contribution in [2.75, 3.05) is 12.4 Å². The van der Waals surface area contributed by atoms with E-state index in [-0.39, 0.29) is 28.6 Å². The molecule has 0 aliphatic rings. The lowest BCUT2D eigenvalue weighted by atomic mass is 10.1. The number of rotatable bonds is 7. The van der Waals surface area contributed by atoms with Crippen LogP contribution in [0.25, 0.3) is 16.9 Å². The molecule has 176 valence electrons. The predicted octanol–water partition coefficient (Wildman–Crippen LogP) is 5.44. The summed E-state index contributed by atoms with van der Waals surface area (Å²) in [5.41, 5.74) is 1.89. The van der Waals surface area contributed by atoms with Gasteiger partial charge < -0.3 is 10.1 Å². The first-order valence-corrected chi connectivity index (χ1v) is 10.7. The average molecular weight is 469 g/mol. The molecule has 2 heterocycles. The normalized spacial score (nSPS) is 11.6. The average Bonchev–Trinajstić information content (AvgIpc) is 3.23. The number of alkyl halides is 3. The van der Waals surface area contributed by atoms with Crippen LogP contribution in [0.15, 0.2) is 54.9 Å². The second-order valence-electron chi connectivity index (χ2n) is 7.64. The molecule has 0 spiro atoms. The monoisotopic (exact) mass is 469 g/mol. The Morgan fingerprint density at radius 2 is 1.85 bits per heavy atom. The summed E-state index contributed by atoms with van der Waals surface area (Å²) in [7, 11) is 1.42. The van der Waals surface area contributed by atoms with Gasteiger partial charge in [0.05, 0.1) is 30.5 Å². The number of unbranched alkanes of at least 4 members (excludes halogenated alkanes) is 1. The minimum atomic E-state index is -4.72. The number of aromatic nitrogens is 4. The molecule has 0 fully saturated rings. The predicted molar refractivity (Wildman–Crippen MR) is 121 cm³/mol. The van der Waals surface area contributed by atoms with E-state index in [1.54, 1.807) is 12.1 Å². The largest absolute Gasteiger partial charge is 0.497 e. The van der Waals surface area contributed by atoms with Gasteiger partial charge in [0.25, 0.3) is 5.91 Å². The molecule has 1 amide bonds. The number of halogens is 3. The van der Waals surface area contributed by atoms with Crippen LogP contribution in [0.5, 0.6) is 5.75 Å². The molecule has 0 aliphatic heterocycles. The van der Waals surface area contributed by atoms with E-state index in [1.807, 2.05) is 12.1 Å². The fourth-order valence-corrected chi connectivity index (χ4v) is 3.50. The topological polar surface area (TPSA) is 81.9 Å². The highest BCUT2D eigenvalue weighted by atomic mass is 19.4. The first-order chi connectivity index (χ1) is 16.3. The van der Waals surface area contributed by atoms with Crippen molar-refractivity contribution in [3.05, 3.63) is 71.8 Å². The summed E-state index contributed by atoms with van der Waals surface area (Å²) >= 11 is 0. The van der Waals surface area contributed by atoms with Gasteiger partial charge in [-0.25, -0.2) is 15.0 Å². The molecular weight excluding hydrogens is 447 g/mol. The highest BCUT2D eigenvalue weighted by Gasteiger charge is 2.38. The lowest BCUT2D eigenvalue weighted by molar-refractivity contribution is -0.145. The zero-order valence-corrected chi connectivity index (χ0v) is 18.6. The summed E-state index contributed by atoms with van der Waals surface area (Å²) in [5.74, 6) is -1.11. The molecular formula is C24H22F3N5O2. The Hall–Kier alpha value is -3.95. The first kappa shape index (κ1) is 23.2. The van der Waals surface area contributed by atoms with Crippen LogP contribution >= 0.6 is 0 Å². The van der Waals surface area contributed by atoms with Crippen molar-refractivity contribution in [1.29, 1.82) is 0 Å². The third-order valence-corrected chi connectivity index (χ3v) is 5.26. The molecule has 10 heteroatoms. The minimum Gasteiger partial charge on any atom is -0.497 e. The van der Waals surface area contributed by atoms with Gasteiger partial charge in [-0.15, -0.1) is 0 Å². The van der Waals surface area contributed by atoms with Crippen LogP contribution in [-0.2, 0) is 12.6 Å². The number of hydrogen-bond donors (Lipinski definition) is 1. The van der Waals surface area contributed by atoms with Crippen LogP contribution in [0, 0.1) is 0 Å². The third kappa shape index (κ3) is 4.85. The molecule has 7 nitrogen and oxygen atoms in total. The van der Waals surface area contributed by atoms with Crippen molar-refractivity contribution < 1.29 is 22.7 Å². The maximum Gasteiger partial charge on any atom is 0.450 e. The van der Waals surface area contributed by atoms with Gasteiger partial charge in [0.2, 0.25) is 5.82 Å². The molecule has 0 unspecified atom stereocenters. The molecule has 4 aromatic rings. The van der Waals surface area contributed by atoms with E-state index in [2.05, 4.69) is 27.2 Å². The smallest absolute Gasteiger partial charge is 0.450 e. The molecule has 0 saturated heterocycles. The summed E-state index contributed by atoms with van der Waals surface area (Å²) in [6.07, 6.45) is 0.751.